The van der Waals surface area contributed by atoms with Crippen molar-refractivity contribution in [3.8, 4) is 0 Å². The fraction of sp³-hybridized carbons (Fsp3) is 0.273. The van der Waals surface area contributed by atoms with Crippen LogP contribution >= 0.6 is 0 Å². The molecule has 30 heavy (non-hydrogen) atoms. The van der Waals surface area contributed by atoms with Gasteiger partial charge in [0, 0.05) is 33.0 Å². The first kappa shape index (κ1) is 19.8. The number of benzene rings is 1. The Morgan fingerprint density at radius 2 is 1.77 bits per heavy atom. The van der Waals surface area contributed by atoms with Gasteiger partial charge in [-0.05, 0) is 30.2 Å². The second kappa shape index (κ2) is 8.46. The van der Waals surface area contributed by atoms with E-state index in [4.69, 9.17) is 0 Å². The van der Waals surface area contributed by atoms with Crippen LogP contribution in [0.15, 0.2) is 70.8 Å². The summed E-state index contributed by atoms with van der Waals surface area (Å²) in [5.41, 5.74) is 2.43. The van der Waals surface area contributed by atoms with Crippen LogP contribution < -0.4 is 16.6 Å². The van der Waals surface area contributed by atoms with Crippen LogP contribution in [0.4, 0.5) is 0 Å². The molecule has 0 amide bonds. The Balaban J connectivity index is 1.50. The van der Waals surface area contributed by atoms with E-state index >= 15 is 0 Å². The van der Waals surface area contributed by atoms with Gasteiger partial charge in [-0.25, -0.2) is 9.78 Å². The molecule has 4 rings (SSSR count). The van der Waals surface area contributed by atoms with Crippen LogP contribution in [0.25, 0.3) is 11.2 Å². The Labute approximate surface area is 173 Å². The fourth-order valence-corrected chi connectivity index (χ4v) is 3.68. The zero-order valence-electron chi connectivity index (χ0n) is 17.0. The molecule has 3 aromatic heterocycles. The van der Waals surface area contributed by atoms with Gasteiger partial charge in [0.25, 0.3) is 5.56 Å². The predicted molar refractivity (Wildman–Crippen MR) is 115 cm³/mol. The van der Waals surface area contributed by atoms with Crippen molar-refractivity contribution in [2.45, 2.75) is 19.0 Å². The molecule has 154 valence electrons. The molecule has 0 fully saturated rings. The summed E-state index contributed by atoms with van der Waals surface area (Å²) in [5, 5.41) is 3.60. The molecular formula is C22H24N6O2. The van der Waals surface area contributed by atoms with E-state index in [2.05, 4.69) is 33.5 Å². The van der Waals surface area contributed by atoms with E-state index in [0.29, 0.717) is 17.7 Å². The van der Waals surface area contributed by atoms with E-state index in [1.54, 1.807) is 19.6 Å². The molecule has 0 saturated heterocycles. The number of imidazole rings is 1. The van der Waals surface area contributed by atoms with Gasteiger partial charge in [-0.1, -0.05) is 36.4 Å². The Bertz CT molecular complexity index is 1220. The highest BCUT2D eigenvalue weighted by Crippen LogP contribution is 2.21. The lowest BCUT2D eigenvalue weighted by atomic mass is 10.0. The van der Waals surface area contributed by atoms with Crippen LogP contribution in [0.1, 0.15) is 23.6 Å². The molecule has 1 N–H and O–H groups in total. The maximum Gasteiger partial charge on any atom is 0.332 e. The third-order valence-corrected chi connectivity index (χ3v) is 5.29. The minimum absolute atomic E-state index is 0.0353. The van der Waals surface area contributed by atoms with Crippen LogP contribution in [0.5, 0.6) is 0 Å². The summed E-state index contributed by atoms with van der Waals surface area (Å²) in [7, 11) is 3.11. The van der Waals surface area contributed by atoms with Gasteiger partial charge < -0.3 is 9.88 Å². The number of aryl methyl sites for hydroxylation is 2. The van der Waals surface area contributed by atoms with Gasteiger partial charge in [0.05, 0.1) is 12.4 Å². The standard InChI is InChI=1S/C22H24N6O2/c1-26-20-19(21(29)27(2)22(26)30)28(15-25-20)13-7-12-24-18(16-8-4-3-5-9-16)17-10-6-11-23-14-17/h3-6,8-11,14-15,18,24H,7,12-13H2,1-2H3. The lowest BCUT2D eigenvalue weighted by Crippen LogP contribution is -2.37. The molecule has 8 nitrogen and oxygen atoms in total. The van der Waals surface area contributed by atoms with E-state index in [1.807, 2.05) is 35.0 Å². The summed E-state index contributed by atoms with van der Waals surface area (Å²) in [4.78, 5) is 33.2. The molecule has 0 aliphatic heterocycles. The summed E-state index contributed by atoms with van der Waals surface area (Å²) in [6, 6.07) is 14.3. The van der Waals surface area contributed by atoms with Crippen molar-refractivity contribution >= 4 is 11.2 Å². The van der Waals surface area contributed by atoms with Crippen LogP contribution in [0.2, 0.25) is 0 Å². The van der Waals surface area contributed by atoms with Gasteiger partial charge in [-0.15, -0.1) is 0 Å². The first-order valence-electron chi connectivity index (χ1n) is 9.87. The monoisotopic (exact) mass is 404 g/mol. The predicted octanol–water partition coefficient (Wildman–Crippen LogP) is 1.60. The molecule has 1 unspecified atom stereocenters. The molecule has 0 bridgehead atoms. The van der Waals surface area contributed by atoms with Crippen LogP contribution in [0.3, 0.4) is 0 Å². The van der Waals surface area contributed by atoms with Crippen molar-refractivity contribution in [3.05, 3.63) is 93.2 Å². The SMILES string of the molecule is Cn1c(=O)c2c(ncn2CCCNC(c2ccccc2)c2cccnc2)n(C)c1=O. The summed E-state index contributed by atoms with van der Waals surface area (Å²) < 4.78 is 4.34. The maximum absolute atomic E-state index is 12.6. The van der Waals surface area contributed by atoms with Crippen molar-refractivity contribution < 1.29 is 0 Å². The average Bonchev–Trinajstić information content (AvgIpc) is 3.21. The smallest absolute Gasteiger partial charge is 0.325 e. The number of aromatic nitrogens is 5. The largest absolute Gasteiger partial charge is 0.332 e. The van der Waals surface area contributed by atoms with Crippen molar-refractivity contribution in [2.24, 2.45) is 14.1 Å². The molecular weight excluding hydrogens is 380 g/mol. The maximum atomic E-state index is 12.6. The highest BCUT2D eigenvalue weighted by molar-refractivity contribution is 5.69. The Morgan fingerprint density at radius 3 is 2.50 bits per heavy atom. The van der Waals surface area contributed by atoms with Gasteiger partial charge in [0.1, 0.15) is 0 Å². The van der Waals surface area contributed by atoms with Gasteiger partial charge >= 0.3 is 5.69 Å². The number of pyridine rings is 1. The van der Waals surface area contributed by atoms with Crippen molar-refractivity contribution in [3.63, 3.8) is 0 Å². The van der Waals surface area contributed by atoms with Crippen LogP contribution in [-0.4, -0.2) is 30.2 Å². The fourth-order valence-electron chi connectivity index (χ4n) is 3.68. The third-order valence-electron chi connectivity index (χ3n) is 5.29. The van der Waals surface area contributed by atoms with Gasteiger partial charge in [0.15, 0.2) is 11.2 Å². The number of hydrogen-bond acceptors (Lipinski definition) is 5. The molecule has 1 atom stereocenters. The molecule has 0 spiro atoms. The summed E-state index contributed by atoms with van der Waals surface area (Å²) >= 11 is 0. The van der Waals surface area contributed by atoms with E-state index in [1.165, 1.54) is 17.2 Å². The molecule has 0 radical (unpaired) electrons. The number of rotatable bonds is 7. The molecule has 1 aromatic carbocycles. The van der Waals surface area contributed by atoms with Crippen molar-refractivity contribution in [2.75, 3.05) is 6.54 Å². The van der Waals surface area contributed by atoms with Crippen LogP contribution in [0, 0.1) is 0 Å². The van der Waals surface area contributed by atoms with E-state index < -0.39 is 0 Å². The summed E-state index contributed by atoms with van der Waals surface area (Å²) in [6.45, 7) is 1.35. The number of nitrogens with one attached hydrogen (secondary N) is 1. The second-order valence-corrected chi connectivity index (χ2v) is 7.25. The zero-order valence-corrected chi connectivity index (χ0v) is 17.0. The summed E-state index contributed by atoms with van der Waals surface area (Å²) in [5.74, 6) is 0. The molecule has 0 aliphatic rings. The normalized spacial score (nSPS) is 12.3. The first-order valence-corrected chi connectivity index (χ1v) is 9.87. The van der Waals surface area contributed by atoms with Crippen molar-refractivity contribution in [1.29, 1.82) is 0 Å². The second-order valence-electron chi connectivity index (χ2n) is 7.25. The average molecular weight is 404 g/mol. The van der Waals surface area contributed by atoms with E-state index in [9.17, 15) is 9.59 Å². The highest BCUT2D eigenvalue weighted by Gasteiger charge is 2.15. The molecule has 8 heteroatoms. The van der Waals surface area contributed by atoms with E-state index in [-0.39, 0.29) is 17.3 Å². The minimum atomic E-state index is -0.374. The van der Waals surface area contributed by atoms with Gasteiger partial charge in [0.2, 0.25) is 0 Å². The highest BCUT2D eigenvalue weighted by atomic mass is 16.2. The zero-order chi connectivity index (χ0) is 21.1. The number of fused-ring (bicyclic) bond motifs is 1. The molecule has 0 aliphatic carbocycles. The Morgan fingerprint density at radius 1 is 1.00 bits per heavy atom. The van der Waals surface area contributed by atoms with Crippen LogP contribution in [-0.2, 0) is 20.6 Å². The third kappa shape index (κ3) is 3.69. The summed E-state index contributed by atoms with van der Waals surface area (Å²) in [6.07, 6.45) is 6.06. The number of hydrogen-bond donors (Lipinski definition) is 1. The lowest BCUT2D eigenvalue weighted by Gasteiger charge is -2.19. The number of nitrogens with zero attached hydrogens (tertiary/aromatic N) is 5. The quantitative estimate of drug-likeness (QED) is 0.473. The topological polar surface area (TPSA) is 86.7 Å². The van der Waals surface area contributed by atoms with Gasteiger partial charge in [-0.3, -0.25) is 18.9 Å². The van der Waals surface area contributed by atoms with E-state index in [0.717, 1.165) is 23.1 Å². The Hall–Kier alpha value is -3.52. The first-order chi connectivity index (χ1) is 14.6. The lowest BCUT2D eigenvalue weighted by molar-refractivity contribution is 0.546. The molecule has 4 aromatic rings. The Kier molecular flexibility index (Phi) is 5.58. The minimum Gasteiger partial charge on any atom is -0.325 e. The van der Waals surface area contributed by atoms with Gasteiger partial charge in [-0.2, -0.15) is 0 Å². The molecule has 3 heterocycles. The van der Waals surface area contributed by atoms with Crippen molar-refractivity contribution in [1.82, 2.24) is 29.0 Å². The molecule has 0 saturated carbocycles.